The van der Waals surface area contributed by atoms with Crippen LogP contribution < -0.4 is 14.9 Å². The standard InChI is InChI=1S/C36H47F3N10O2S2/c1-24(46-13-15-48(16-14-46)53(50,51)42-4)21-49-27(20-40)17-29-25(2)26(5-6-31(29)49)22-45-10-7-35(23-45)8-11-47(12-9-35)32-30-18-28(19-36(37,38)39)52-33(30)44-34(41-3)43-32/h5-6,17-18,24,42H,7-16,19,21-23H2,1-4H3,(H,41,43,44)/t24-/m0/s1. The first-order valence-electron chi connectivity index (χ1n) is 18.2. The van der Waals surface area contributed by atoms with E-state index in [0.717, 1.165) is 74.2 Å². The van der Waals surface area contributed by atoms with Crippen molar-refractivity contribution in [1.82, 2.24) is 33.4 Å². The summed E-state index contributed by atoms with van der Waals surface area (Å²) in [5.41, 5.74) is 4.27. The molecule has 1 spiro atoms. The number of fused-ring (bicyclic) bond motifs is 2. The van der Waals surface area contributed by atoms with Gasteiger partial charge in [-0.1, -0.05) is 6.07 Å². The number of halogens is 3. The van der Waals surface area contributed by atoms with Crippen LogP contribution in [-0.4, -0.2) is 116 Å². The zero-order valence-electron chi connectivity index (χ0n) is 30.6. The molecule has 1 atom stereocenters. The summed E-state index contributed by atoms with van der Waals surface area (Å²) < 4.78 is 70.0. The number of benzene rings is 1. The Morgan fingerprint density at radius 3 is 2.40 bits per heavy atom. The molecule has 1 aromatic carbocycles. The molecule has 53 heavy (non-hydrogen) atoms. The Morgan fingerprint density at radius 1 is 1.02 bits per heavy atom. The number of alkyl halides is 3. The fourth-order valence-corrected chi connectivity index (χ4v) is 10.4. The summed E-state index contributed by atoms with van der Waals surface area (Å²) in [6.45, 7) is 11.4. The third-order valence-corrected chi connectivity index (χ3v) is 14.2. The van der Waals surface area contributed by atoms with Gasteiger partial charge in [-0.15, -0.1) is 11.3 Å². The van der Waals surface area contributed by atoms with Crippen molar-refractivity contribution >= 4 is 54.4 Å². The van der Waals surface area contributed by atoms with Gasteiger partial charge in [-0.2, -0.15) is 36.1 Å². The van der Waals surface area contributed by atoms with Gasteiger partial charge in [0.2, 0.25) is 5.95 Å². The van der Waals surface area contributed by atoms with Crippen molar-refractivity contribution in [3.63, 3.8) is 0 Å². The Bertz CT molecular complexity index is 2130. The highest BCUT2D eigenvalue weighted by atomic mass is 32.2. The second-order valence-electron chi connectivity index (χ2n) is 14.8. The maximum Gasteiger partial charge on any atom is 0.393 e. The van der Waals surface area contributed by atoms with Crippen molar-refractivity contribution in [2.45, 2.75) is 64.8 Å². The van der Waals surface area contributed by atoms with Crippen LogP contribution in [0, 0.1) is 23.7 Å². The molecule has 12 nitrogen and oxygen atoms in total. The first-order valence-corrected chi connectivity index (χ1v) is 20.4. The minimum atomic E-state index is -4.28. The molecule has 0 aliphatic carbocycles. The molecule has 3 saturated heterocycles. The van der Waals surface area contributed by atoms with Gasteiger partial charge in [-0.3, -0.25) is 9.80 Å². The van der Waals surface area contributed by atoms with Crippen LogP contribution >= 0.6 is 11.3 Å². The van der Waals surface area contributed by atoms with Gasteiger partial charge >= 0.3 is 6.18 Å². The van der Waals surface area contributed by atoms with Gasteiger partial charge in [0.25, 0.3) is 10.2 Å². The van der Waals surface area contributed by atoms with E-state index in [4.69, 9.17) is 4.98 Å². The van der Waals surface area contributed by atoms with E-state index < -0.39 is 22.8 Å². The molecule has 6 heterocycles. The van der Waals surface area contributed by atoms with Gasteiger partial charge in [-0.25, -0.2) is 9.71 Å². The largest absolute Gasteiger partial charge is 0.393 e. The number of likely N-dealkylation sites (tertiary alicyclic amines) is 1. The number of anilines is 2. The van der Waals surface area contributed by atoms with E-state index in [9.17, 15) is 26.9 Å². The first-order chi connectivity index (χ1) is 25.2. The Kier molecular flexibility index (Phi) is 10.4. The van der Waals surface area contributed by atoms with E-state index in [1.807, 2.05) is 6.07 Å². The van der Waals surface area contributed by atoms with Gasteiger partial charge in [0, 0.05) is 94.8 Å². The average Bonchev–Trinajstić information content (AvgIpc) is 3.83. The predicted molar refractivity (Wildman–Crippen MR) is 202 cm³/mol. The van der Waals surface area contributed by atoms with E-state index >= 15 is 0 Å². The van der Waals surface area contributed by atoms with Crippen molar-refractivity contribution in [2.75, 3.05) is 76.7 Å². The molecule has 17 heteroatoms. The number of aromatic nitrogens is 3. The monoisotopic (exact) mass is 772 g/mol. The Balaban J connectivity index is 1.00. The Morgan fingerprint density at radius 2 is 1.74 bits per heavy atom. The van der Waals surface area contributed by atoms with E-state index in [0.29, 0.717) is 60.4 Å². The third-order valence-electron chi connectivity index (χ3n) is 11.6. The molecule has 3 aromatic heterocycles. The molecule has 7 rings (SSSR count). The molecule has 4 aromatic rings. The topological polar surface area (TPSA) is 126 Å². The smallest absolute Gasteiger partial charge is 0.357 e. The van der Waals surface area contributed by atoms with Crippen molar-refractivity contribution in [2.24, 2.45) is 5.41 Å². The summed E-state index contributed by atoms with van der Waals surface area (Å²) in [7, 11) is -0.287. The molecular weight excluding hydrogens is 726 g/mol. The number of piperidine rings is 1. The molecule has 0 bridgehead atoms. The molecular formula is C36H47F3N10O2S2. The molecule has 3 aliphatic rings. The van der Waals surface area contributed by atoms with Crippen LogP contribution in [0.25, 0.3) is 21.1 Å². The van der Waals surface area contributed by atoms with Gasteiger partial charge in [0.15, 0.2) is 0 Å². The zero-order valence-corrected chi connectivity index (χ0v) is 32.3. The molecule has 2 N–H and O–H groups in total. The molecule has 0 radical (unpaired) electrons. The van der Waals surface area contributed by atoms with Gasteiger partial charge in [0.05, 0.1) is 11.8 Å². The van der Waals surface area contributed by atoms with E-state index in [-0.39, 0.29) is 16.3 Å². The number of hydrogen-bond acceptors (Lipinski definition) is 10. The quantitative estimate of drug-likeness (QED) is 0.231. The number of nitrogens with one attached hydrogen (secondary N) is 2. The second-order valence-corrected chi connectivity index (χ2v) is 17.8. The van der Waals surface area contributed by atoms with Crippen LogP contribution in [-0.2, 0) is 29.7 Å². The van der Waals surface area contributed by atoms with Crippen LogP contribution in [0.1, 0.15) is 47.9 Å². The fraction of sp³-hybridized carbons (Fsp3) is 0.583. The summed E-state index contributed by atoms with van der Waals surface area (Å²) in [5.74, 6) is 1.12. The lowest BCUT2D eigenvalue weighted by Gasteiger charge is -2.40. The van der Waals surface area contributed by atoms with E-state index in [1.165, 1.54) is 22.5 Å². The lowest BCUT2D eigenvalue weighted by atomic mass is 9.77. The lowest BCUT2D eigenvalue weighted by Crippen LogP contribution is -2.54. The molecule has 0 unspecified atom stereocenters. The minimum absolute atomic E-state index is 0.118. The van der Waals surface area contributed by atoms with Crippen LogP contribution in [0.3, 0.4) is 0 Å². The molecule has 286 valence electrons. The van der Waals surface area contributed by atoms with Crippen LogP contribution in [0.15, 0.2) is 24.3 Å². The number of nitriles is 1. The molecule has 3 fully saturated rings. The van der Waals surface area contributed by atoms with Crippen LogP contribution in [0.4, 0.5) is 24.9 Å². The number of piperazine rings is 1. The fourth-order valence-electron chi connectivity index (χ4n) is 8.47. The van der Waals surface area contributed by atoms with E-state index in [1.54, 1.807) is 13.1 Å². The Hall–Kier alpha value is -3.53. The second kappa shape index (κ2) is 14.6. The third kappa shape index (κ3) is 7.72. The highest BCUT2D eigenvalue weighted by Crippen LogP contribution is 2.43. The SMILES string of the molecule is CNc1nc(N2CCC3(CCN(Cc4ccc5c(cc(C#N)n5C[C@H](C)N5CCN(S(=O)(=O)NC)CC5)c4C)C3)CC2)c2cc(CC(F)(F)F)sc2n1. The average molecular weight is 773 g/mol. The summed E-state index contributed by atoms with van der Waals surface area (Å²) in [6.07, 6.45) is -2.19. The minimum Gasteiger partial charge on any atom is -0.357 e. The summed E-state index contributed by atoms with van der Waals surface area (Å²) in [5, 5.41) is 14.9. The lowest BCUT2D eigenvalue weighted by molar-refractivity contribution is -0.126. The number of thiophene rings is 1. The van der Waals surface area contributed by atoms with E-state index in [2.05, 4.69) is 66.3 Å². The number of rotatable bonds is 10. The van der Waals surface area contributed by atoms with Gasteiger partial charge < -0.3 is 14.8 Å². The maximum atomic E-state index is 13.2. The normalized spacial score (nSPS) is 19.8. The first kappa shape index (κ1) is 37.8. The zero-order chi connectivity index (χ0) is 37.7. The number of aryl methyl sites for hydroxylation is 1. The molecule has 3 aliphatic heterocycles. The van der Waals surface area contributed by atoms with Gasteiger partial charge in [0.1, 0.15) is 22.4 Å². The van der Waals surface area contributed by atoms with Crippen molar-refractivity contribution in [3.05, 3.63) is 46.0 Å². The summed E-state index contributed by atoms with van der Waals surface area (Å²) in [6, 6.07) is 10.5. The number of nitrogens with zero attached hydrogens (tertiary/aromatic N) is 8. The highest BCUT2D eigenvalue weighted by molar-refractivity contribution is 7.87. The Labute approximate surface area is 312 Å². The van der Waals surface area contributed by atoms with Crippen LogP contribution in [0.5, 0.6) is 0 Å². The summed E-state index contributed by atoms with van der Waals surface area (Å²) in [4.78, 5) is 17.0. The van der Waals surface area contributed by atoms with Gasteiger partial charge in [-0.05, 0) is 74.4 Å². The molecule has 0 amide bonds. The van der Waals surface area contributed by atoms with Crippen molar-refractivity contribution in [1.29, 1.82) is 5.26 Å². The van der Waals surface area contributed by atoms with Crippen LogP contribution in [0.2, 0.25) is 0 Å². The maximum absolute atomic E-state index is 13.2. The molecule has 0 saturated carbocycles. The summed E-state index contributed by atoms with van der Waals surface area (Å²) >= 11 is 1.08. The van der Waals surface area contributed by atoms with Crippen molar-refractivity contribution < 1.29 is 21.6 Å². The highest BCUT2D eigenvalue weighted by Gasteiger charge is 2.41. The predicted octanol–water partition coefficient (Wildman–Crippen LogP) is 4.94. The number of hydrogen-bond donors (Lipinski definition) is 2. The van der Waals surface area contributed by atoms with Crippen molar-refractivity contribution in [3.8, 4) is 6.07 Å².